The number of anilines is 2. The SMILES string of the molecule is CCC1(CN2CCC(N3CN(CCO)c4ccccc43)CC2)CCCCCCC1. The van der Waals surface area contributed by atoms with Crippen LogP contribution in [0.15, 0.2) is 24.3 Å². The molecule has 1 aromatic carbocycles. The molecule has 1 saturated heterocycles. The average molecular weight is 400 g/mol. The summed E-state index contributed by atoms with van der Waals surface area (Å²) in [5, 5.41) is 9.46. The molecule has 4 heteroatoms. The van der Waals surface area contributed by atoms with Gasteiger partial charge in [-0.2, -0.15) is 0 Å². The van der Waals surface area contributed by atoms with Crippen LogP contribution in [0.4, 0.5) is 11.4 Å². The summed E-state index contributed by atoms with van der Waals surface area (Å²) >= 11 is 0. The molecule has 1 N–H and O–H groups in total. The lowest BCUT2D eigenvalue weighted by Gasteiger charge is -2.43. The monoisotopic (exact) mass is 399 g/mol. The zero-order chi connectivity index (χ0) is 20.1. The van der Waals surface area contributed by atoms with Crippen molar-refractivity contribution in [2.24, 2.45) is 5.41 Å². The molecular weight excluding hydrogens is 358 g/mol. The van der Waals surface area contributed by atoms with E-state index in [9.17, 15) is 5.11 Å². The van der Waals surface area contributed by atoms with Gasteiger partial charge in [-0.1, -0.05) is 51.2 Å². The Hall–Kier alpha value is -1.26. The molecule has 0 bridgehead atoms. The third kappa shape index (κ3) is 4.74. The summed E-state index contributed by atoms with van der Waals surface area (Å²) in [6.45, 7) is 8.12. The van der Waals surface area contributed by atoms with Crippen molar-refractivity contribution < 1.29 is 5.11 Å². The molecule has 0 atom stereocenters. The Bertz CT molecular complexity index is 633. The van der Waals surface area contributed by atoms with Crippen molar-refractivity contribution in [2.45, 2.75) is 77.2 Å². The van der Waals surface area contributed by atoms with E-state index >= 15 is 0 Å². The van der Waals surface area contributed by atoms with Gasteiger partial charge in [0.25, 0.3) is 0 Å². The fourth-order valence-corrected chi connectivity index (χ4v) is 6.08. The molecule has 1 saturated carbocycles. The molecule has 1 aliphatic carbocycles. The van der Waals surface area contributed by atoms with Crippen LogP contribution in [-0.2, 0) is 0 Å². The third-order valence-electron chi connectivity index (χ3n) is 7.95. The van der Waals surface area contributed by atoms with Crippen LogP contribution >= 0.6 is 0 Å². The summed E-state index contributed by atoms with van der Waals surface area (Å²) < 4.78 is 0. The van der Waals surface area contributed by atoms with E-state index in [0.717, 1.165) is 13.2 Å². The second-order valence-electron chi connectivity index (χ2n) is 9.72. The van der Waals surface area contributed by atoms with E-state index in [2.05, 4.69) is 45.9 Å². The highest BCUT2D eigenvalue weighted by Crippen LogP contribution is 2.41. The molecule has 4 nitrogen and oxygen atoms in total. The van der Waals surface area contributed by atoms with Gasteiger partial charge in [0.2, 0.25) is 0 Å². The van der Waals surface area contributed by atoms with Gasteiger partial charge in [0.05, 0.1) is 24.7 Å². The highest BCUT2D eigenvalue weighted by molar-refractivity contribution is 5.76. The molecule has 3 aliphatic rings. The molecule has 0 amide bonds. The van der Waals surface area contributed by atoms with Gasteiger partial charge in [0, 0.05) is 32.2 Å². The fourth-order valence-electron chi connectivity index (χ4n) is 6.08. The van der Waals surface area contributed by atoms with Crippen LogP contribution in [0, 0.1) is 5.41 Å². The zero-order valence-electron chi connectivity index (χ0n) is 18.5. The van der Waals surface area contributed by atoms with Gasteiger partial charge in [-0.25, -0.2) is 0 Å². The van der Waals surface area contributed by atoms with Crippen molar-refractivity contribution in [3.8, 4) is 0 Å². The van der Waals surface area contributed by atoms with Crippen molar-refractivity contribution in [3.05, 3.63) is 24.3 Å². The average Bonchev–Trinajstić information content (AvgIpc) is 3.10. The van der Waals surface area contributed by atoms with Gasteiger partial charge in [0.1, 0.15) is 0 Å². The molecular formula is C25H41N3O. The number of para-hydroxylation sites is 2. The van der Waals surface area contributed by atoms with Gasteiger partial charge >= 0.3 is 0 Å². The van der Waals surface area contributed by atoms with Crippen molar-refractivity contribution in [2.75, 3.05) is 49.3 Å². The Morgan fingerprint density at radius 2 is 1.62 bits per heavy atom. The summed E-state index contributed by atoms with van der Waals surface area (Å²) in [4.78, 5) is 7.73. The maximum absolute atomic E-state index is 9.46. The van der Waals surface area contributed by atoms with Crippen molar-refractivity contribution >= 4 is 11.4 Å². The number of likely N-dealkylation sites (tertiary alicyclic amines) is 1. The van der Waals surface area contributed by atoms with Crippen LogP contribution in [0.3, 0.4) is 0 Å². The smallest absolute Gasteiger partial charge is 0.0908 e. The van der Waals surface area contributed by atoms with E-state index in [1.807, 2.05) is 0 Å². The number of benzene rings is 1. The standard InChI is InChI=1S/C25H41N3O/c1-2-25(14-8-4-3-5-9-15-25)20-26-16-12-22(13-17-26)28-21-27(18-19-29)23-10-6-7-11-24(23)28/h6-7,10-11,22,29H,2-5,8-9,12-21H2,1H3. The molecule has 2 fully saturated rings. The predicted molar refractivity (Wildman–Crippen MR) is 123 cm³/mol. The Kier molecular flexibility index (Phi) is 7.02. The fraction of sp³-hybridized carbons (Fsp3) is 0.760. The number of β-amino-alcohol motifs (C(OH)–C–C–N with tert-alkyl or cyclic N) is 1. The number of hydrogen-bond donors (Lipinski definition) is 1. The Labute approximate surface area is 177 Å². The van der Waals surface area contributed by atoms with E-state index < -0.39 is 0 Å². The Morgan fingerprint density at radius 3 is 2.28 bits per heavy atom. The highest BCUT2D eigenvalue weighted by atomic mass is 16.3. The van der Waals surface area contributed by atoms with E-state index in [0.29, 0.717) is 11.5 Å². The van der Waals surface area contributed by atoms with Crippen LogP contribution in [0.5, 0.6) is 0 Å². The first kappa shape index (κ1) is 21.0. The van der Waals surface area contributed by atoms with Crippen LogP contribution in [0.25, 0.3) is 0 Å². The summed E-state index contributed by atoms with van der Waals surface area (Å²) in [5.41, 5.74) is 3.23. The van der Waals surface area contributed by atoms with Crippen LogP contribution < -0.4 is 9.80 Å². The minimum atomic E-state index is 0.222. The first-order valence-corrected chi connectivity index (χ1v) is 12.2. The highest BCUT2D eigenvalue weighted by Gasteiger charge is 2.35. The van der Waals surface area contributed by atoms with E-state index in [4.69, 9.17) is 0 Å². The van der Waals surface area contributed by atoms with Crippen LogP contribution in [0.1, 0.15) is 71.1 Å². The summed E-state index contributed by atoms with van der Waals surface area (Å²) in [6.07, 6.45) is 14.0. The molecule has 0 unspecified atom stereocenters. The lowest BCUT2D eigenvalue weighted by atomic mass is 9.73. The predicted octanol–water partition coefficient (Wildman–Crippen LogP) is 4.87. The molecule has 1 aromatic rings. The summed E-state index contributed by atoms with van der Waals surface area (Å²) in [5.74, 6) is 0. The maximum atomic E-state index is 9.46. The lowest BCUT2D eigenvalue weighted by Crippen LogP contribution is -2.49. The van der Waals surface area contributed by atoms with E-state index in [1.54, 1.807) is 0 Å². The Balaban J connectivity index is 1.36. The van der Waals surface area contributed by atoms with Gasteiger partial charge in [-0.3, -0.25) is 0 Å². The molecule has 2 heterocycles. The van der Waals surface area contributed by atoms with Crippen molar-refractivity contribution in [1.82, 2.24) is 4.90 Å². The van der Waals surface area contributed by atoms with Crippen molar-refractivity contribution in [3.63, 3.8) is 0 Å². The number of piperidine rings is 1. The maximum Gasteiger partial charge on any atom is 0.0908 e. The number of fused-ring (bicyclic) bond motifs is 1. The Morgan fingerprint density at radius 1 is 0.966 bits per heavy atom. The largest absolute Gasteiger partial charge is 0.395 e. The molecule has 162 valence electrons. The minimum absolute atomic E-state index is 0.222. The first-order valence-electron chi connectivity index (χ1n) is 12.2. The molecule has 4 rings (SSSR count). The molecule has 29 heavy (non-hydrogen) atoms. The second-order valence-corrected chi connectivity index (χ2v) is 9.72. The van der Waals surface area contributed by atoms with Gasteiger partial charge in [-0.15, -0.1) is 0 Å². The topological polar surface area (TPSA) is 30.0 Å². The lowest BCUT2D eigenvalue weighted by molar-refractivity contribution is 0.0920. The van der Waals surface area contributed by atoms with Gasteiger partial charge in [-0.05, 0) is 49.7 Å². The van der Waals surface area contributed by atoms with E-state index in [1.165, 1.54) is 95.2 Å². The summed E-state index contributed by atoms with van der Waals surface area (Å²) in [7, 11) is 0. The normalized spacial score (nSPS) is 23.7. The van der Waals surface area contributed by atoms with Gasteiger partial charge < -0.3 is 19.8 Å². The van der Waals surface area contributed by atoms with Gasteiger partial charge in [0.15, 0.2) is 0 Å². The first-order chi connectivity index (χ1) is 14.2. The third-order valence-corrected chi connectivity index (χ3v) is 7.95. The minimum Gasteiger partial charge on any atom is -0.395 e. The van der Waals surface area contributed by atoms with Crippen molar-refractivity contribution in [1.29, 1.82) is 0 Å². The van der Waals surface area contributed by atoms with Crippen LogP contribution in [-0.4, -0.2) is 55.5 Å². The molecule has 0 aromatic heterocycles. The number of aliphatic hydroxyl groups is 1. The number of aliphatic hydroxyl groups excluding tert-OH is 1. The molecule has 0 spiro atoms. The number of rotatable bonds is 6. The van der Waals surface area contributed by atoms with Crippen LogP contribution in [0.2, 0.25) is 0 Å². The van der Waals surface area contributed by atoms with E-state index in [-0.39, 0.29) is 6.61 Å². The molecule has 0 radical (unpaired) electrons. The molecule has 2 aliphatic heterocycles. The second kappa shape index (κ2) is 9.70. The number of nitrogens with zero attached hydrogens (tertiary/aromatic N) is 3. The summed E-state index contributed by atoms with van der Waals surface area (Å²) in [6, 6.07) is 9.38. The quantitative estimate of drug-likeness (QED) is 0.739. The number of hydrogen-bond acceptors (Lipinski definition) is 4. The zero-order valence-corrected chi connectivity index (χ0v) is 18.5.